The quantitative estimate of drug-likeness (QED) is 0.139. The molecule has 0 aliphatic rings. The van der Waals surface area contributed by atoms with Crippen molar-refractivity contribution in [2.75, 3.05) is 0 Å². The maximum absolute atomic E-state index is 4.26. The van der Waals surface area contributed by atoms with Gasteiger partial charge in [0.25, 0.3) is 0 Å². The van der Waals surface area contributed by atoms with Crippen molar-refractivity contribution in [3.63, 3.8) is 0 Å². The second-order valence-electron chi connectivity index (χ2n) is 15.5. The van der Waals surface area contributed by atoms with Gasteiger partial charge in [-0.3, -0.25) is 0 Å². The van der Waals surface area contributed by atoms with E-state index in [4.69, 9.17) is 0 Å². The van der Waals surface area contributed by atoms with Crippen LogP contribution in [0.3, 0.4) is 0 Å². The number of hydrogen-bond acceptors (Lipinski definition) is 0. The summed E-state index contributed by atoms with van der Waals surface area (Å²) in [6.07, 6.45) is 10.5. The monoisotopic (exact) mass is 772 g/mol. The summed E-state index contributed by atoms with van der Waals surface area (Å²) in [5.74, 6) is 0. The number of fused-ring (bicyclic) bond motifs is 8. The van der Waals surface area contributed by atoms with Crippen molar-refractivity contribution in [3.05, 3.63) is 199 Å². The lowest BCUT2D eigenvalue weighted by molar-refractivity contribution is 1.06. The molecule has 11 aromatic rings. The molecule has 0 saturated heterocycles. The Labute approximate surface area is 349 Å². The number of benzene rings is 7. The van der Waals surface area contributed by atoms with Crippen LogP contribution < -0.4 is 0 Å². The van der Waals surface area contributed by atoms with Crippen LogP contribution in [0.1, 0.15) is 42.8 Å². The molecule has 0 N–H and O–H groups in total. The number of nitrogens with zero attached hydrogens (tertiary/aromatic N) is 4. The molecule has 0 aliphatic heterocycles. The molecule has 0 unspecified atom stereocenters. The highest BCUT2D eigenvalue weighted by molar-refractivity contribution is 6.17. The van der Waals surface area contributed by atoms with Crippen LogP contribution in [0.25, 0.3) is 106 Å². The zero-order chi connectivity index (χ0) is 40.5. The van der Waals surface area contributed by atoms with E-state index in [1.807, 2.05) is 12.2 Å². The lowest BCUT2D eigenvalue weighted by atomic mass is 10.1. The predicted octanol–water partition coefficient (Wildman–Crippen LogP) is 15.0. The van der Waals surface area contributed by atoms with Gasteiger partial charge in [0.15, 0.2) is 0 Å². The summed E-state index contributed by atoms with van der Waals surface area (Å²) in [4.78, 5) is 0. The Bertz CT molecular complexity index is 3540. The van der Waals surface area contributed by atoms with Gasteiger partial charge in [-0.1, -0.05) is 118 Å². The predicted molar refractivity (Wildman–Crippen MR) is 258 cm³/mol. The second-order valence-corrected chi connectivity index (χ2v) is 15.5. The standard InChI is InChI=1S/C56H44N4/c1-5-9-25-48-40(6-2)42-22-13-16-26-49(42)58(48)38-32-34-53-46(36-38)43-23-14-17-27-50(43)60(53)55-30-19-29-54-56(55)44-24-15-18-28-51(44)59(54)39-31-33-52-45(35-39)41(7-3)47(8-4)57(52)37-20-11-10-12-21-37/h7-36H,3-6H2,1-2H3/b25-9-. The van der Waals surface area contributed by atoms with E-state index in [2.05, 4.69) is 215 Å². The Kier molecular flexibility index (Phi) is 8.35. The number of allylic oxidation sites excluding steroid dienone is 1. The molecule has 0 bridgehead atoms. The molecule has 4 heterocycles. The molecule has 4 aromatic heterocycles. The van der Waals surface area contributed by atoms with Crippen LogP contribution in [-0.2, 0) is 6.42 Å². The summed E-state index contributed by atoms with van der Waals surface area (Å²) in [5, 5.41) is 7.34. The summed E-state index contributed by atoms with van der Waals surface area (Å²) < 4.78 is 9.64. The SMILES string of the molecule is C=Cc1c(C=C)n(-c2ccccc2)c2ccc(-n3c4ccccc4c4c(-n5c6ccccc6c6cc(-n7c(/C=C\CC)c(CC)c8ccccc87)ccc65)cccc43)cc12. The van der Waals surface area contributed by atoms with Crippen LogP contribution in [0.2, 0.25) is 0 Å². The zero-order valence-corrected chi connectivity index (χ0v) is 33.9. The Hall–Kier alpha value is -7.56. The van der Waals surface area contributed by atoms with E-state index in [-0.39, 0.29) is 0 Å². The molecule has 11 rings (SSSR count). The molecule has 0 saturated carbocycles. The van der Waals surface area contributed by atoms with Crippen molar-refractivity contribution in [2.24, 2.45) is 0 Å². The van der Waals surface area contributed by atoms with Crippen molar-refractivity contribution in [1.82, 2.24) is 18.3 Å². The normalized spacial score (nSPS) is 12.0. The van der Waals surface area contributed by atoms with E-state index in [0.717, 1.165) is 63.1 Å². The Balaban J connectivity index is 1.16. The van der Waals surface area contributed by atoms with Gasteiger partial charge in [-0.2, -0.15) is 0 Å². The summed E-state index contributed by atoms with van der Waals surface area (Å²) >= 11 is 0. The molecule has 0 amide bonds. The Morgan fingerprint density at radius 2 is 1.00 bits per heavy atom. The fourth-order valence-corrected chi connectivity index (χ4v) is 9.94. The lowest BCUT2D eigenvalue weighted by Crippen LogP contribution is -1.99. The van der Waals surface area contributed by atoms with Gasteiger partial charge in [-0.25, -0.2) is 0 Å². The van der Waals surface area contributed by atoms with Crippen LogP contribution in [0.5, 0.6) is 0 Å². The first kappa shape index (κ1) is 35.6. The van der Waals surface area contributed by atoms with Gasteiger partial charge in [0.05, 0.1) is 44.5 Å². The highest BCUT2D eigenvalue weighted by Gasteiger charge is 2.22. The molecule has 7 aromatic carbocycles. The fraction of sp³-hybridized carbons (Fsp3) is 0.0714. The van der Waals surface area contributed by atoms with Gasteiger partial charge in [-0.15, -0.1) is 0 Å². The summed E-state index contributed by atoms with van der Waals surface area (Å²) in [6.45, 7) is 13.0. The van der Waals surface area contributed by atoms with E-state index >= 15 is 0 Å². The van der Waals surface area contributed by atoms with Crippen molar-refractivity contribution < 1.29 is 0 Å². The molecular formula is C56H44N4. The van der Waals surface area contributed by atoms with Gasteiger partial charge >= 0.3 is 0 Å². The van der Waals surface area contributed by atoms with Crippen LogP contribution in [0, 0.1) is 0 Å². The molecule has 0 atom stereocenters. The third-order valence-electron chi connectivity index (χ3n) is 12.4. The molecular weight excluding hydrogens is 729 g/mol. The Morgan fingerprint density at radius 1 is 0.433 bits per heavy atom. The first-order chi connectivity index (χ1) is 29.6. The van der Waals surface area contributed by atoms with E-state index in [1.54, 1.807) is 0 Å². The van der Waals surface area contributed by atoms with Crippen LogP contribution >= 0.6 is 0 Å². The van der Waals surface area contributed by atoms with Crippen LogP contribution in [-0.4, -0.2) is 18.3 Å². The van der Waals surface area contributed by atoms with E-state index in [0.29, 0.717) is 0 Å². The van der Waals surface area contributed by atoms with Gasteiger partial charge in [0.2, 0.25) is 0 Å². The Morgan fingerprint density at radius 3 is 1.70 bits per heavy atom. The molecule has 0 radical (unpaired) electrons. The van der Waals surface area contributed by atoms with Crippen molar-refractivity contribution in [2.45, 2.75) is 26.7 Å². The lowest BCUT2D eigenvalue weighted by Gasteiger charge is -2.13. The van der Waals surface area contributed by atoms with Crippen LogP contribution in [0.4, 0.5) is 0 Å². The smallest absolute Gasteiger partial charge is 0.0562 e. The molecule has 4 nitrogen and oxygen atoms in total. The average molecular weight is 773 g/mol. The van der Waals surface area contributed by atoms with E-state index in [9.17, 15) is 0 Å². The van der Waals surface area contributed by atoms with Gasteiger partial charge in [0, 0.05) is 60.6 Å². The molecule has 0 aliphatic carbocycles. The van der Waals surface area contributed by atoms with Gasteiger partial charge in [-0.05, 0) is 109 Å². The molecule has 288 valence electrons. The third kappa shape index (κ3) is 5.10. The first-order valence-electron chi connectivity index (χ1n) is 21.0. The van der Waals surface area contributed by atoms with E-state index < -0.39 is 0 Å². The minimum atomic E-state index is 0.968. The molecule has 60 heavy (non-hydrogen) atoms. The highest BCUT2D eigenvalue weighted by Crippen LogP contribution is 2.42. The number of para-hydroxylation sites is 4. The van der Waals surface area contributed by atoms with Crippen molar-refractivity contribution in [3.8, 4) is 22.7 Å². The summed E-state index contributed by atoms with van der Waals surface area (Å²) in [5.41, 5.74) is 16.3. The third-order valence-corrected chi connectivity index (χ3v) is 12.4. The van der Waals surface area contributed by atoms with Gasteiger partial charge in [0.1, 0.15) is 0 Å². The summed E-state index contributed by atoms with van der Waals surface area (Å²) in [6, 6.07) is 57.6. The minimum Gasteiger partial charge on any atom is -0.310 e. The van der Waals surface area contributed by atoms with E-state index in [1.165, 1.54) is 60.4 Å². The largest absolute Gasteiger partial charge is 0.310 e. The number of rotatable bonds is 9. The maximum atomic E-state index is 4.26. The van der Waals surface area contributed by atoms with Crippen LogP contribution in [0.15, 0.2) is 177 Å². The van der Waals surface area contributed by atoms with Crippen molar-refractivity contribution in [1.29, 1.82) is 0 Å². The highest BCUT2D eigenvalue weighted by atomic mass is 15.0. The average Bonchev–Trinajstić information content (AvgIpc) is 4.02. The molecule has 0 fully saturated rings. The van der Waals surface area contributed by atoms with Gasteiger partial charge < -0.3 is 18.3 Å². The molecule has 4 heteroatoms. The number of aromatic nitrogens is 4. The second kappa shape index (κ2) is 14.1. The topological polar surface area (TPSA) is 19.7 Å². The van der Waals surface area contributed by atoms with Crippen molar-refractivity contribution >= 4 is 83.6 Å². The first-order valence-corrected chi connectivity index (χ1v) is 21.0. The zero-order valence-electron chi connectivity index (χ0n) is 33.9. The summed E-state index contributed by atoms with van der Waals surface area (Å²) in [7, 11) is 0. The number of aryl methyl sites for hydroxylation is 1. The maximum Gasteiger partial charge on any atom is 0.0562 e. The number of hydrogen-bond donors (Lipinski definition) is 0. The minimum absolute atomic E-state index is 0.968. The fourth-order valence-electron chi connectivity index (χ4n) is 9.94. The molecule has 0 spiro atoms.